The number of aromatic nitrogens is 2. The van der Waals surface area contributed by atoms with Gasteiger partial charge in [-0.15, -0.1) is 12.4 Å². The summed E-state index contributed by atoms with van der Waals surface area (Å²) in [5.41, 5.74) is 5.75. The minimum Gasteiger partial charge on any atom is -0.468 e. The first kappa shape index (κ1) is 18.4. The Labute approximate surface area is 124 Å². The summed E-state index contributed by atoms with van der Waals surface area (Å²) in [6.45, 7) is 4.00. The second kappa shape index (κ2) is 8.55. The average molecular weight is 305 g/mol. The molecule has 7 nitrogen and oxygen atoms in total. The lowest BCUT2D eigenvalue weighted by atomic mass is 10.0. The minimum atomic E-state index is -0.564. The van der Waals surface area contributed by atoms with Crippen LogP contribution in [0.25, 0.3) is 0 Å². The molecule has 1 heterocycles. The topological polar surface area (TPSA) is 99.2 Å². The van der Waals surface area contributed by atoms with Gasteiger partial charge in [0.25, 0.3) is 0 Å². The molecule has 1 aromatic rings. The first-order chi connectivity index (χ1) is 8.92. The predicted molar refractivity (Wildman–Crippen MR) is 77.6 cm³/mol. The van der Waals surface area contributed by atoms with Crippen molar-refractivity contribution < 1.29 is 14.3 Å². The molecule has 0 saturated heterocycles. The maximum absolute atomic E-state index is 11.8. The largest absolute Gasteiger partial charge is 0.468 e. The van der Waals surface area contributed by atoms with Gasteiger partial charge in [-0.25, -0.2) is 0 Å². The third kappa shape index (κ3) is 6.03. The van der Waals surface area contributed by atoms with E-state index >= 15 is 0 Å². The predicted octanol–water partition coefficient (Wildman–Crippen LogP) is 0.790. The summed E-state index contributed by atoms with van der Waals surface area (Å²) in [5.74, 6) is 0.0280. The van der Waals surface area contributed by atoms with Gasteiger partial charge in [0.15, 0.2) is 5.82 Å². The zero-order valence-electron chi connectivity index (χ0n) is 11.8. The van der Waals surface area contributed by atoms with E-state index in [1.54, 1.807) is 12.3 Å². The van der Waals surface area contributed by atoms with Crippen LogP contribution in [0.5, 0.6) is 0 Å². The molecule has 0 saturated carbocycles. The molecule has 0 bridgehead atoms. The van der Waals surface area contributed by atoms with E-state index in [1.807, 2.05) is 13.8 Å². The smallest absolute Gasteiger partial charge is 0.327 e. The highest BCUT2D eigenvalue weighted by Gasteiger charge is 2.16. The monoisotopic (exact) mass is 304 g/mol. The molecule has 1 aromatic heterocycles. The number of amides is 1. The van der Waals surface area contributed by atoms with Gasteiger partial charge in [0.05, 0.1) is 13.2 Å². The fourth-order valence-electron chi connectivity index (χ4n) is 1.55. The van der Waals surface area contributed by atoms with Crippen LogP contribution in [0.3, 0.4) is 0 Å². The highest BCUT2D eigenvalue weighted by atomic mass is 35.5. The van der Waals surface area contributed by atoms with Crippen molar-refractivity contribution in [2.45, 2.75) is 32.9 Å². The molecule has 1 amide bonds. The second-order valence-electron chi connectivity index (χ2n) is 4.70. The van der Waals surface area contributed by atoms with Crippen molar-refractivity contribution in [2.24, 2.45) is 11.7 Å². The van der Waals surface area contributed by atoms with Crippen LogP contribution in [0.4, 0.5) is 5.82 Å². The molecule has 0 unspecified atom stereocenters. The number of nitrogens with one attached hydrogen (secondary N) is 1. The Kier molecular flexibility index (Phi) is 7.86. The van der Waals surface area contributed by atoms with Crippen LogP contribution in [-0.4, -0.2) is 34.8 Å². The van der Waals surface area contributed by atoms with Crippen molar-refractivity contribution in [3.8, 4) is 0 Å². The Bertz CT molecular complexity index is 448. The summed E-state index contributed by atoms with van der Waals surface area (Å²) in [7, 11) is 1.31. The van der Waals surface area contributed by atoms with E-state index in [4.69, 9.17) is 5.73 Å². The molecule has 0 aliphatic heterocycles. The van der Waals surface area contributed by atoms with Crippen LogP contribution in [0.15, 0.2) is 12.3 Å². The molecule has 20 heavy (non-hydrogen) atoms. The van der Waals surface area contributed by atoms with E-state index in [9.17, 15) is 9.59 Å². The van der Waals surface area contributed by atoms with Crippen LogP contribution in [0, 0.1) is 5.92 Å². The maximum atomic E-state index is 11.8. The molecule has 0 spiro atoms. The summed E-state index contributed by atoms with van der Waals surface area (Å²) < 4.78 is 5.90. The van der Waals surface area contributed by atoms with Crippen molar-refractivity contribution in [1.29, 1.82) is 0 Å². The van der Waals surface area contributed by atoms with Gasteiger partial charge in [-0.3, -0.25) is 14.3 Å². The quantitative estimate of drug-likeness (QED) is 0.757. The molecule has 8 heteroatoms. The first-order valence-electron chi connectivity index (χ1n) is 6.09. The van der Waals surface area contributed by atoms with Crippen molar-refractivity contribution in [2.75, 3.05) is 12.4 Å². The van der Waals surface area contributed by atoms with Crippen molar-refractivity contribution >= 4 is 30.1 Å². The Morgan fingerprint density at radius 2 is 2.15 bits per heavy atom. The number of hydrogen-bond donors (Lipinski definition) is 2. The van der Waals surface area contributed by atoms with Crippen molar-refractivity contribution in [3.05, 3.63) is 12.3 Å². The number of hydrogen-bond acceptors (Lipinski definition) is 5. The fraction of sp³-hybridized carbons (Fsp3) is 0.583. The van der Waals surface area contributed by atoms with Crippen LogP contribution < -0.4 is 11.1 Å². The Balaban J connectivity index is 0.00000361. The lowest BCUT2D eigenvalue weighted by Crippen LogP contribution is -2.36. The number of carbonyl (C=O) groups is 2. The van der Waals surface area contributed by atoms with E-state index in [-0.39, 0.29) is 24.9 Å². The normalized spacial score (nSPS) is 11.7. The highest BCUT2D eigenvalue weighted by Crippen LogP contribution is 2.07. The molecule has 1 atom stereocenters. The summed E-state index contributed by atoms with van der Waals surface area (Å²) in [6.07, 6.45) is 2.19. The first-order valence-corrected chi connectivity index (χ1v) is 6.09. The Hall–Kier alpha value is -1.60. The van der Waals surface area contributed by atoms with Crippen LogP contribution in [0.1, 0.15) is 20.3 Å². The number of rotatable bonds is 6. The lowest BCUT2D eigenvalue weighted by molar-refractivity contribution is -0.141. The summed E-state index contributed by atoms with van der Waals surface area (Å²) >= 11 is 0. The summed E-state index contributed by atoms with van der Waals surface area (Å²) in [6, 6.07) is 1.04. The van der Waals surface area contributed by atoms with Crippen molar-refractivity contribution in [1.82, 2.24) is 9.78 Å². The lowest BCUT2D eigenvalue weighted by Gasteiger charge is -2.12. The molecular weight excluding hydrogens is 284 g/mol. The van der Waals surface area contributed by atoms with Gasteiger partial charge in [0.1, 0.15) is 6.54 Å². The standard InChI is InChI=1S/C12H20N4O3.ClH/c1-8(2)6-9(13)12(18)14-10-4-5-16(15-10)7-11(17)19-3;/h4-5,8-9H,6-7,13H2,1-3H3,(H,14,15,18);1H/t9-;/m0./s1. The van der Waals surface area contributed by atoms with Gasteiger partial charge in [-0.2, -0.15) is 5.10 Å². The number of ether oxygens (including phenoxy) is 1. The number of nitrogens with two attached hydrogens (primary N) is 1. The zero-order valence-corrected chi connectivity index (χ0v) is 12.6. The SMILES string of the molecule is COC(=O)Cn1ccc(NC(=O)[C@@H](N)CC(C)C)n1.Cl. The zero-order chi connectivity index (χ0) is 14.4. The molecule has 114 valence electrons. The van der Waals surface area contributed by atoms with Gasteiger partial charge in [0.2, 0.25) is 5.91 Å². The van der Waals surface area contributed by atoms with E-state index in [1.165, 1.54) is 11.8 Å². The van der Waals surface area contributed by atoms with Crippen molar-refractivity contribution in [3.63, 3.8) is 0 Å². The number of halogens is 1. The number of anilines is 1. The van der Waals surface area contributed by atoms with Gasteiger partial charge in [0, 0.05) is 12.3 Å². The Morgan fingerprint density at radius 3 is 2.70 bits per heavy atom. The van der Waals surface area contributed by atoms with Gasteiger partial charge >= 0.3 is 5.97 Å². The maximum Gasteiger partial charge on any atom is 0.327 e. The molecular formula is C12H21ClN4O3. The fourth-order valence-corrected chi connectivity index (χ4v) is 1.55. The number of esters is 1. The minimum absolute atomic E-state index is 0. The van der Waals surface area contributed by atoms with Crippen LogP contribution >= 0.6 is 12.4 Å². The molecule has 3 N–H and O–H groups in total. The second-order valence-corrected chi connectivity index (χ2v) is 4.70. The molecule has 0 fully saturated rings. The van der Waals surface area contributed by atoms with E-state index in [2.05, 4.69) is 15.2 Å². The molecule has 0 aliphatic carbocycles. The van der Waals surface area contributed by atoms with E-state index in [0.717, 1.165) is 0 Å². The molecule has 0 aromatic carbocycles. The average Bonchev–Trinajstić information content (AvgIpc) is 2.75. The number of carbonyl (C=O) groups excluding carboxylic acids is 2. The summed E-state index contributed by atoms with van der Waals surface area (Å²) in [5, 5.41) is 6.64. The third-order valence-electron chi connectivity index (χ3n) is 2.47. The molecule has 0 aliphatic rings. The van der Waals surface area contributed by atoms with Gasteiger partial charge < -0.3 is 15.8 Å². The highest BCUT2D eigenvalue weighted by molar-refractivity contribution is 5.93. The summed E-state index contributed by atoms with van der Waals surface area (Å²) in [4.78, 5) is 22.8. The van der Waals surface area contributed by atoms with E-state index < -0.39 is 12.0 Å². The van der Waals surface area contributed by atoms with Gasteiger partial charge in [-0.1, -0.05) is 13.8 Å². The Morgan fingerprint density at radius 1 is 1.50 bits per heavy atom. The van der Waals surface area contributed by atoms with Crippen LogP contribution in [0.2, 0.25) is 0 Å². The van der Waals surface area contributed by atoms with Crippen LogP contribution in [-0.2, 0) is 20.9 Å². The van der Waals surface area contributed by atoms with Gasteiger partial charge in [-0.05, 0) is 12.3 Å². The molecule has 0 radical (unpaired) electrons. The number of nitrogens with zero attached hydrogens (tertiary/aromatic N) is 2. The number of methoxy groups -OCH3 is 1. The van der Waals surface area contributed by atoms with E-state index in [0.29, 0.717) is 18.2 Å². The molecule has 1 rings (SSSR count). The third-order valence-corrected chi connectivity index (χ3v) is 2.47.